The van der Waals surface area contributed by atoms with Gasteiger partial charge in [-0.2, -0.15) is 0 Å². The monoisotopic (exact) mass is 282 g/mol. The number of H-pyrrole nitrogens is 1. The van der Waals surface area contributed by atoms with Gasteiger partial charge >= 0.3 is 12.0 Å². The Morgan fingerprint density at radius 1 is 1.50 bits per heavy atom. The van der Waals surface area contributed by atoms with E-state index in [1.54, 1.807) is 26.2 Å². The molecule has 0 aliphatic rings. The Bertz CT molecular complexity index is 446. The van der Waals surface area contributed by atoms with E-state index in [1.165, 1.54) is 0 Å². The maximum Gasteiger partial charge on any atom is 0.315 e. The van der Waals surface area contributed by atoms with Gasteiger partial charge in [-0.15, -0.1) is 0 Å². The standard InChI is InChI=1S/C13H22N4O3/c1-4-9(10-14-6-7-15-10)17-12(20)16-8-13(3,5-2)11(18)19/h6-7,9H,4-5,8H2,1-3H3,(H,14,15)(H,18,19)(H2,16,17,20). The van der Waals surface area contributed by atoms with E-state index in [1.807, 2.05) is 6.92 Å². The Labute approximate surface area is 118 Å². The van der Waals surface area contributed by atoms with Crippen LogP contribution in [0.2, 0.25) is 0 Å². The number of carbonyl (C=O) groups excluding carboxylic acids is 1. The summed E-state index contributed by atoms with van der Waals surface area (Å²) in [5.41, 5.74) is -0.955. The van der Waals surface area contributed by atoms with Crippen molar-refractivity contribution in [3.05, 3.63) is 18.2 Å². The molecule has 2 amide bonds. The molecule has 20 heavy (non-hydrogen) atoms. The molecule has 4 N–H and O–H groups in total. The molecule has 7 nitrogen and oxygen atoms in total. The summed E-state index contributed by atoms with van der Waals surface area (Å²) in [4.78, 5) is 30.0. The molecule has 1 aromatic heterocycles. The Balaban J connectivity index is 2.53. The molecule has 2 atom stereocenters. The van der Waals surface area contributed by atoms with Crippen molar-refractivity contribution in [2.75, 3.05) is 6.54 Å². The molecular formula is C13H22N4O3. The van der Waals surface area contributed by atoms with Crippen LogP contribution in [0.3, 0.4) is 0 Å². The zero-order valence-corrected chi connectivity index (χ0v) is 12.1. The summed E-state index contributed by atoms with van der Waals surface area (Å²) in [6, 6.07) is -0.614. The number of imidazole rings is 1. The summed E-state index contributed by atoms with van der Waals surface area (Å²) in [7, 11) is 0. The first-order chi connectivity index (χ1) is 9.42. The second-order valence-electron chi connectivity index (χ2n) is 4.98. The van der Waals surface area contributed by atoms with Gasteiger partial charge in [-0.25, -0.2) is 9.78 Å². The van der Waals surface area contributed by atoms with Gasteiger partial charge in [-0.05, 0) is 19.8 Å². The van der Waals surface area contributed by atoms with Crippen LogP contribution in [-0.2, 0) is 4.79 Å². The third kappa shape index (κ3) is 3.97. The quantitative estimate of drug-likeness (QED) is 0.610. The fourth-order valence-electron chi connectivity index (χ4n) is 1.67. The number of nitrogens with zero attached hydrogens (tertiary/aromatic N) is 1. The van der Waals surface area contributed by atoms with Crippen molar-refractivity contribution in [2.24, 2.45) is 5.41 Å². The first-order valence-corrected chi connectivity index (χ1v) is 6.70. The molecule has 0 fully saturated rings. The zero-order chi connectivity index (χ0) is 15.2. The number of carbonyl (C=O) groups is 2. The van der Waals surface area contributed by atoms with Crippen LogP contribution in [0.5, 0.6) is 0 Å². The second-order valence-corrected chi connectivity index (χ2v) is 4.98. The Morgan fingerprint density at radius 2 is 2.20 bits per heavy atom. The third-order valence-corrected chi connectivity index (χ3v) is 3.50. The Kier molecular flexibility index (Phi) is 5.54. The number of urea groups is 1. The minimum atomic E-state index is -0.955. The Hall–Kier alpha value is -2.05. The van der Waals surface area contributed by atoms with Gasteiger partial charge in [0.2, 0.25) is 0 Å². The van der Waals surface area contributed by atoms with Crippen LogP contribution in [0.15, 0.2) is 12.4 Å². The lowest BCUT2D eigenvalue weighted by Crippen LogP contribution is -2.45. The molecular weight excluding hydrogens is 260 g/mol. The molecule has 1 rings (SSSR count). The van der Waals surface area contributed by atoms with Crippen LogP contribution in [-0.4, -0.2) is 33.6 Å². The zero-order valence-electron chi connectivity index (χ0n) is 12.1. The number of aromatic nitrogens is 2. The van der Waals surface area contributed by atoms with Crippen LogP contribution in [0.4, 0.5) is 4.79 Å². The van der Waals surface area contributed by atoms with E-state index in [0.29, 0.717) is 18.7 Å². The molecule has 0 aliphatic heterocycles. The van der Waals surface area contributed by atoms with E-state index < -0.39 is 17.4 Å². The largest absolute Gasteiger partial charge is 0.481 e. The molecule has 0 bridgehead atoms. The van der Waals surface area contributed by atoms with Crippen molar-refractivity contribution >= 4 is 12.0 Å². The van der Waals surface area contributed by atoms with Crippen LogP contribution in [0.25, 0.3) is 0 Å². The van der Waals surface area contributed by atoms with Gasteiger partial charge in [0, 0.05) is 18.9 Å². The third-order valence-electron chi connectivity index (χ3n) is 3.50. The molecule has 1 aromatic rings. The van der Waals surface area contributed by atoms with Crippen LogP contribution in [0.1, 0.15) is 45.5 Å². The highest BCUT2D eigenvalue weighted by molar-refractivity contribution is 5.78. The lowest BCUT2D eigenvalue weighted by molar-refractivity contribution is -0.147. The second kappa shape index (κ2) is 6.93. The van der Waals surface area contributed by atoms with E-state index in [-0.39, 0.29) is 12.6 Å². The van der Waals surface area contributed by atoms with Gasteiger partial charge in [0.15, 0.2) is 0 Å². The van der Waals surface area contributed by atoms with Crippen molar-refractivity contribution in [1.29, 1.82) is 0 Å². The normalized spacial score (nSPS) is 15.2. The van der Waals surface area contributed by atoms with E-state index >= 15 is 0 Å². The highest BCUT2D eigenvalue weighted by Crippen LogP contribution is 2.20. The maximum absolute atomic E-state index is 11.8. The van der Waals surface area contributed by atoms with Gasteiger partial charge in [0.1, 0.15) is 5.82 Å². The van der Waals surface area contributed by atoms with Gasteiger partial charge in [0.05, 0.1) is 11.5 Å². The molecule has 7 heteroatoms. The van der Waals surface area contributed by atoms with E-state index in [9.17, 15) is 9.59 Å². The topological polar surface area (TPSA) is 107 Å². The molecule has 0 spiro atoms. The number of hydrogen-bond donors (Lipinski definition) is 4. The lowest BCUT2D eigenvalue weighted by atomic mass is 9.88. The number of rotatable bonds is 7. The first kappa shape index (κ1) is 16.0. The Morgan fingerprint density at radius 3 is 2.65 bits per heavy atom. The van der Waals surface area contributed by atoms with Gasteiger partial charge in [-0.1, -0.05) is 13.8 Å². The van der Waals surface area contributed by atoms with Crippen molar-refractivity contribution in [1.82, 2.24) is 20.6 Å². The van der Waals surface area contributed by atoms with Crippen molar-refractivity contribution in [3.8, 4) is 0 Å². The number of aliphatic carboxylic acids is 1. The molecule has 0 aliphatic carbocycles. The number of hydrogen-bond acceptors (Lipinski definition) is 3. The summed E-state index contributed by atoms with van der Waals surface area (Å²) in [6.45, 7) is 5.41. The SMILES string of the molecule is CCC(NC(=O)NCC(C)(CC)C(=O)O)c1ncc[nH]1. The fourth-order valence-corrected chi connectivity index (χ4v) is 1.67. The van der Waals surface area contributed by atoms with Gasteiger partial charge < -0.3 is 20.7 Å². The molecule has 0 aromatic carbocycles. The first-order valence-electron chi connectivity index (χ1n) is 6.70. The molecule has 2 unspecified atom stereocenters. The predicted molar refractivity (Wildman–Crippen MR) is 74.2 cm³/mol. The van der Waals surface area contributed by atoms with E-state index in [2.05, 4.69) is 20.6 Å². The number of carboxylic acid groups (broad SMARTS) is 1. The van der Waals surface area contributed by atoms with Crippen molar-refractivity contribution < 1.29 is 14.7 Å². The molecule has 1 heterocycles. The lowest BCUT2D eigenvalue weighted by Gasteiger charge is -2.24. The number of aromatic amines is 1. The smallest absolute Gasteiger partial charge is 0.315 e. The average Bonchev–Trinajstić information content (AvgIpc) is 2.95. The number of amides is 2. The molecule has 0 saturated heterocycles. The number of carboxylic acids is 1. The minimum Gasteiger partial charge on any atom is -0.481 e. The van der Waals surface area contributed by atoms with E-state index in [0.717, 1.165) is 0 Å². The van der Waals surface area contributed by atoms with Crippen LogP contribution in [0, 0.1) is 5.41 Å². The highest BCUT2D eigenvalue weighted by atomic mass is 16.4. The summed E-state index contributed by atoms with van der Waals surface area (Å²) in [5.74, 6) is -0.238. The maximum atomic E-state index is 11.8. The molecule has 112 valence electrons. The van der Waals surface area contributed by atoms with Crippen molar-refractivity contribution in [2.45, 2.75) is 39.7 Å². The van der Waals surface area contributed by atoms with Crippen molar-refractivity contribution in [3.63, 3.8) is 0 Å². The number of nitrogens with one attached hydrogen (secondary N) is 3. The summed E-state index contributed by atoms with van der Waals surface area (Å²) >= 11 is 0. The predicted octanol–water partition coefficient (Wildman–Crippen LogP) is 1.66. The average molecular weight is 282 g/mol. The minimum absolute atomic E-state index is 0.0826. The highest BCUT2D eigenvalue weighted by Gasteiger charge is 2.31. The molecule has 0 saturated carbocycles. The van der Waals surface area contributed by atoms with Crippen LogP contribution >= 0.6 is 0 Å². The van der Waals surface area contributed by atoms with E-state index in [4.69, 9.17) is 5.11 Å². The fraction of sp³-hybridized carbons (Fsp3) is 0.615. The summed E-state index contributed by atoms with van der Waals surface area (Å²) in [5, 5.41) is 14.5. The summed E-state index contributed by atoms with van der Waals surface area (Å²) < 4.78 is 0. The van der Waals surface area contributed by atoms with Gasteiger partial charge in [-0.3, -0.25) is 4.79 Å². The molecule has 0 radical (unpaired) electrons. The van der Waals surface area contributed by atoms with Gasteiger partial charge in [0.25, 0.3) is 0 Å². The van der Waals surface area contributed by atoms with Crippen LogP contribution < -0.4 is 10.6 Å². The summed E-state index contributed by atoms with van der Waals surface area (Å²) in [6.07, 6.45) is 4.44.